The molecule has 0 saturated carbocycles. The van der Waals surface area contributed by atoms with Crippen LogP contribution in [0.15, 0.2) is 18.5 Å². The molecule has 1 fully saturated rings. The SMILES string of the molecule is CCCCNC(=O)c1cncc(C(=O)N2CCN(C)CC2)c1. The van der Waals surface area contributed by atoms with E-state index in [2.05, 4.69) is 22.1 Å². The molecule has 0 bridgehead atoms. The number of likely N-dealkylation sites (N-methyl/N-ethyl adjacent to an activating group) is 1. The fourth-order valence-corrected chi connectivity index (χ4v) is 2.35. The molecule has 2 rings (SSSR count). The third-order valence-corrected chi connectivity index (χ3v) is 3.85. The first-order valence-electron chi connectivity index (χ1n) is 7.83. The Labute approximate surface area is 131 Å². The first kappa shape index (κ1) is 16.4. The van der Waals surface area contributed by atoms with Crippen LogP contribution in [-0.4, -0.2) is 66.4 Å². The summed E-state index contributed by atoms with van der Waals surface area (Å²) in [6, 6.07) is 1.63. The van der Waals surface area contributed by atoms with Gasteiger partial charge in [0.1, 0.15) is 0 Å². The summed E-state index contributed by atoms with van der Waals surface area (Å²) in [5, 5.41) is 2.84. The minimum atomic E-state index is -0.172. The van der Waals surface area contributed by atoms with E-state index < -0.39 is 0 Å². The van der Waals surface area contributed by atoms with E-state index in [0.29, 0.717) is 30.8 Å². The van der Waals surface area contributed by atoms with Crippen molar-refractivity contribution < 1.29 is 9.59 Å². The zero-order valence-corrected chi connectivity index (χ0v) is 13.3. The summed E-state index contributed by atoms with van der Waals surface area (Å²) < 4.78 is 0. The summed E-state index contributed by atoms with van der Waals surface area (Å²) in [5.41, 5.74) is 0.920. The predicted molar refractivity (Wildman–Crippen MR) is 84.9 cm³/mol. The average Bonchev–Trinajstić information content (AvgIpc) is 2.55. The van der Waals surface area contributed by atoms with Gasteiger partial charge in [0.2, 0.25) is 0 Å². The summed E-state index contributed by atoms with van der Waals surface area (Å²) in [4.78, 5) is 32.6. The molecule has 1 aromatic heterocycles. The molecule has 1 aliphatic heterocycles. The lowest BCUT2D eigenvalue weighted by Gasteiger charge is -2.32. The number of hydrogen-bond acceptors (Lipinski definition) is 4. The molecule has 2 heterocycles. The highest BCUT2D eigenvalue weighted by Crippen LogP contribution is 2.09. The van der Waals surface area contributed by atoms with Crippen molar-refractivity contribution in [3.63, 3.8) is 0 Å². The molecular formula is C16H24N4O2. The van der Waals surface area contributed by atoms with Crippen LogP contribution in [0.25, 0.3) is 0 Å². The van der Waals surface area contributed by atoms with E-state index in [-0.39, 0.29) is 11.8 Å². The quantitative estimate of drug-likeness (QED) is 0.824. The average molecular weight is 304 g/mol. The standard InChI is InChI=1S/C16H24N4O2/c1-3-4-5-18-15(21)13-10-14(12-17-11-13)16(22)20-8-6-19(2)7-9-20/h10-12H,3-9H2,1-2H3,(H,18,21). The Morgan fingerprint density at radius 1 is 1.18 bits per heavy atom. The second-order valence-electron chi connectivity index (χ2n) is 5.67. The predicted octanol–water partition coefficient (Wildman–Crippen LogP) is 0.999. The van der Waals surface area contributed by atoms with Crippen LogP contribution < -0.4 is 5.32 Å². The van der Waals surface area contributed by atoms with E-state index in [1.54, 1.807) is 6.07 Å². The van der Waals surface area contributed by atoms with Gasteiger partial charge >= 0.3 is 0 Å². The fraction of sp³-hybridized carbons (Fsp3) is 0.562. The molecule has 0 aromatic carbocycles. The number of carbonyl (C=O) groups is 2. The Morgan fingerprint density at radius 3 is 2.55 bits per heavy atom. The van der Waals surface area contributed by atoms with Crippen molar-refractivity contribution in [3.8, 4) is 0 Å². The lowest BCUT2D eigenvalue weighted by atomic mass is 10.1. The van der Waals surface area contributed by atoms with Crippen molar-refractivity contribution in [2.45, 2.75) is 19.8 Å². The maximum absolute atomic E-state index is 12.5. The number of nitrogens with one attached hydrogen (secondary N) is 1. The molecule has 1 saturated heterocycles. The largest absolute Gasteiger partial charge is 0.352 e. The zero-order chi connectivity index (χ0) is 15.9. The molecule has 0 atom stereocenters. The minimum absolute atomic E-state index is 0.0520. The van der Waals surface area contributed by atoms with Crippen molar-refractivity contribution in [2.24, 2.45) is 0 Å². The van der Waals surface area contributed by atoms with Crippen LogP contribution in [-0.2, 0) is 0 Å². The van der Waals surface area contributed by atoms with Gasteiger partial charge in [0, 0.05) is 45.1 Å². The molecule has 6 heteroatoms. The highest BCUT2D eigenvalue weighted by Gasteiger charge is 2.21. The van der Waals surface area contributed by atoms with E-state index in [1.165, 1.54) is 12.4 Å². The van der Waals surface area contributed by atoms with Gasteiger partial charge in [0.05, 0.1) is 11.1 Å². The molecule has 1 aliphatic rings. The van der Waals surface area contributed by atoms with Crippen molar-refractivity contribution >= 4 is 11.8 Å². The van der Waals surface area contributed by atoms with Gasteiger partial charge in [0.25, 0.3) is 11.8 Å². The van der Waals surface area contributed by atoms with E-state index in [4.69, 9.17) is 0 Å². The molecular weight excluding hydrogens is 280 g/mol. The van der Waals surface area contributed by atoms with Crippen LogP contribution in [0.4, 0.5) is 0 Å². The van der Waals surface area contributed by atoms with Gasteiger partial charge in [-0.25, -0.2) is 0 Å². The van der Waals surface area contributed by atoms with Gasteiger partial charge < -0.3 is 15.1 Å². The monoisotopic (exact) mass is 304 g/mol. The van der Waals surface area contributed by atoms with E-state index in [1.807, 2.05) is 11.9 Å². The number of amides is 2. The molecule has 0 aliphatic carbocycles. The molecule has 120 valence electrons. The second kappa shape index (κ2) is 7.89. The number of pyridine rings is 1. The number of unbranched alkanes of at least 4 members (excludes halogenated alkanes) is 1. The molecule has 2 amide bonds. The van der Waals surface area contributed by atoms with Gasteiger partial charge in [-0.1, -0.05) is 13.3 Å². The summed E-state index contributed by atoms with van der Waals surface area (Å²) in [7, 11) is 2.05. The Kier molecular flexibility index (Phi) is 5.89. The third kappa shape index (κ3) is 4.27. The van der Waals surface area contributed by atoms with E-state index in [9.17, 15) is 9.59 Å². The van der Waals surface area contributed by atoms with Gasteiger partial charge in [-0.2, -0.15) is 0 Å². The molecule has 0 spiro atoms. The van der Waals surface area contributed by atoms with Crippen LogP contribution in [0, 0.1) is 0 Å². The summed E-state index contributed by atoms with van der Waals surface area (Å²) in [6.07, 6.45) is 5.01. The first-order valence-corrected chi connectivity index (χ1v) is 7.83. The van der Waals surface area contributed by atoms with Crippen molar-refractivity contribution in [3.05, 3.63) is 29.6 Å². The molecule has 0 unspecified atom stereocenters. The fourth-order valence-electron chi connectivity index (χ4n) is 2.35. The molecule has 22 heavy (non-hydrogen) atoms. The van der Waals surface area contributed by atoms with Gasteiger partial charge in [-0.05, 0) is 19.5 Å². The Morgan fingerprint density at radius 2 is 1.86 bits per heavy atom. The van der Waals surface area contributed by atoms with Crippen LogP contribution in [0.5, 0.6) is 0 Å². The van der Waals surface area contributed by atoms with Gasteiger partial charge in [0.15, 0.2) is 0 Å². The molecule has 0 radical (unpaired) electrons. The van der Waals surface area contributed by atoms with Crippen LogP contribution >= 0.6 is 0 Å². The maximum atomic E-state index is 12.5. The minimum Gasteiger partial charge on any atom is -0.352 e. The molecule has 6 nitrogen and oxygen atoms in total. The summed E-state index contributed by atoms with van der Waals surface area (Å²) >= 11 is 0. The van der Waals surface area contributed by atoms with Crippen molar-refractivity contribution in [1.82, 2.24) is 20.1 Å². The zero-order valence-electron chi connectivity index (χ0n) is 13.3. The number of rotatable bonds is 5. The number of nitrogens with zero attached hydrogens (tertiary/aromatic N) is 3. The first-order chi connectivity index (χ1) is 10.6. The third-order valence-electron chi connectivity index (χ3n) is 3.85. The lowest BCUT2D eigenvalue weighted by molar-refractivity contribution is 0.0663. The summed E-state index contributed by atoms with van der Waals surface area (Å²) in [6.45, 7) is 5.88. The number of carbonyl (C=O) groups excluding carboxylic acids is 2. The van der Waals surface area contributed by atoms with E-state index >= 15 is 0 Å². The number of piperazine rings is 1. The highest BCUT2D eigenvalue weighted by atomic mass is 16.2. The maximum Gasteiger partial charge on any atom is 0.255 e. The lowest BCUT2D eigenvalue weighted by Crippen LogP contribution is -2.47. The normalized spacial score (nSPS) is 15.6. The Bertz CT molecular complexity index is 525. The van der Waals surface area contributed by atoms with E-state index in [0.717, 1.165) is 25.9 Å². The number of aromatic nitrogens is 1. The Balaban J connectivity index is 2.01. The molecule has 1 aromatic rings. The van der Waals surface area contributed by atoms with Gasteiger partial charge in [-0.15, -0.1) is 0 Å². The van der Waals surface area contributed by atoms with Crippen LogP contribution in [0.2, 0.25) is 0 Å². The van der Waals surface area contributed by atoms with Crippen LogP contribution in [0.1, 0.15) is 40.5 Å². The second-order valence-corrected chi connectivity index (χ2v) is 5.67. The van der Waals surface area contributed by atoms with Crippen LogP contribution in [0.3, 0.4) is 0 Å². The van der Waals surface area contributed by atoms with Crippen molar-refractivity contribution in [2.75, 3.05) is 39.8 Å². The van der Waals surface area contributed by atoms with Gasteiger partial charge in [-0.3, -0.25) is 14.6 Å². The summed E-state index contributed by atoms with van der Waals surface area (Å²) in [5.74, 6) is -0.224. The van der Waals surface area contributed by atoms with Crippen molar-refractivity contribution in [1.29, 1.82) is 0 Å². The number of hydrogen-bond donors (Lipinski definition) is 1. The molecule has 1 N–H and O–H groups in total. The topological polar surface area (TPSA) is 65.5 Å². The highest BCUT2D eigenvalue weighted by molar-refractivity contribution is 5.99. The Hall–Kier alpha value is -1.95. The smallest absolute Gasteiger partial charge is 0.255 e.